The Bertz CT molecular complexity index is 1290. The van der Waals surface area contributed by atoms with Crippen LogP contribution >= 0.6 is 0 Å². The van der Waals surface area contributed by atoms with Gasteiger partial charge in [-0.25, -0.2) is 8.42 Å². The molecule has 5 rings (SSSR count). The summed E-state index contributed by atoms with van der Waals surface area (Å²) in [7, 11) is -3.69. The zero-order chi connectivity index (χ0) is 22.8. The van der Waals surface area contributed by atoms with Gasteiger partial charge in [0, 0.05) is 19.6 Å². The number of sulfonamides is 1. The summed E-state index contributed by atoms with van der Waals surface area (Å²) < 4.78 is 43.0. The lowest BCUT2D eigenvalue weighted by Gasteiger charge is -2.26. The molecule has 13 heteroatoms. The number of rotatable bonds is 7. The fourth-order valence-electron chi connectivity index (χ4n) is 3.49. The molecular weight excluding hydrogens is 454 g/mol. The average Bonchev–Trinajstić information content (AvgIpc) is 3.48. The minimum Gasteiger partial charge on any atom is -0.454 e. The minimum atomic E-state index is -3.69. The monoisotopic (exact) mass is 475 g/mol. The topological polar surface area (TPSA) is 134 Å². The van der Waals surface area contributed by atoms with E-state index in [0.717, 1.165) is 10.4 Å². The van der Waals surface area contributed by atoms with Crippen LogP contribution in [0.4, 0.5) is 0 Å². The maximum absolute atomic E-state index is 12.9. The Balaban J connectivity index is 1.23. The normalized spacial score (nSPS) is 16.1. The first-order valence-corrected chi connectivity index (χ1v) is 11.7. The Hall–Kier alpha value is -3.42. The van der Waals surface area contributed by atoms with E-state index in [9.17, 15) is 13.2 Å². The standard InChI is InChI=1S/C20H21N5O7S/c26-20(21-11-14-1-4-18-19(9-14)31-13-30-18)12-32-25-17-10-15(2-3-16(17)22-23-25)33(27,28)24-5-7-29-8-6-24/h1-4,9-10H,5-8,11-13H2,(H,21,26). The predicted octanol–water partition coefficient (Wildman–Crippen LogP) is -0.0741. The Kier molecular flexibility index (Phi) is 5.74. The van der Waals surface area contributed by atoms with Gasteiger partial charge in [-0.15, -0.1) is 5.10 Å². The van der Waals surface area contributed by atoms with E-state index in [1.165, 1.54) is 16.4 Å². The number of hydrogen-bond donors (Lipinski definition) is 1. The van der Waals surface area contributed by atoms with E-state index in [-0.39, 0.29) is 43.8 Å². The number of benzene rings is 2. The van der Waals surface area contributed by atoms with Crippen molar-refractivity contribution in [1.82, 2.24) is 24.8 Å². The van der Waals surface area contributed by atoms with E-state index in [1.807, 2.05) is 6.07 Å². The predicted molar refractivity (Wildman–Crippen MR) is 113 cm³/mol. The molecular formula is C20H21N5O7S. The van der Waals surface area contributed by atoms with E-state index in [2.05, 4.69) is 15.6 Å². The number of amides is 1. The van der Waals surface area contributed by atoms with Crippen molar-refractivity contribution >= 4 is 27.0 Å². The Morgan fingerprint density at radius 2 is 1.91 bits per heavy atom. The third kappa shape index (κ3) is 4.42. The summed E-state index contributed by atoms with van der Waals surface area (Å²) in [6, 6.07) is 9.87. The molecule has 0 atom stereocenters. The van der Waals surface area contributed by atoms with Gasteiger partial charge in [-0.3, -0.25) is 4.79 Å². The largest absolute Gasteiger partial charge is 0.454 e. The number of hydrogen-bond acceptors (Lipinski definition) is 9. The summed E-state index contributed by atoms with van der Waals surface area (Å²) >= 11 is 0. The smallest absolute Gasteiger partial charge is 0.261 e. The number of morpholine rings is 1. The molecule has 1 fully saturated rings. The number of ether oxygens (including phenoxy) is 3. The highest BCUT2D eigenvalue weighted by molar-refractivity contribution is 7.89. The molecule has 12 nitrogen and oxygen atoms in total. The minimum absolute atomic E-state index is 0.0938. The van der Waals surface area contributed by atoms with Gasteiger partial charge in [-0.05, 0) is 41.1 Å². The van der Waals surface area contributed by atoms with Crippen LogP contribution in [0.2, 0.25) is 0 Å². The SMILES string of the molecule is O=C(COn1nnc2ccc(S(=O)(=O)N3CCOCC3)cc21)NCc1ccc2c(c1)OCO2. The molecule has 0 aliphatic carbocycles. The van der Waals surface area contributed by atoms with Crippen molar-refractivity contribution < 1.29 is 32.3 Å². The molecule has 3 aromatic rings. The highest BCUT2D eigenvalue weighted by Crippen LogP contribution is 2.32. The van der Waals surface area contributed by atoms with Gasteiger partial charge < -0.3 is 24.4 Å². The molecule has 1 amide bonds. The Morgan fingerprint density at radius 1 is 1.09 bits per heavy atom. The summed E-state index contributed by atoms with van der Waals surface area (Å²) in [6.45, 7) is 1.41. The van der Waals surface area contributed by atoms with Crippen molar-refractivity contribution in [3.05, 3.63) is 42.0 Å². The second kappa shape index (κ2) is 8.84. The van der Waals surface area contributed by atoms with Crippen molar-refractivity contribution in [2.75, 3.05) is 39.7 Å². The third-order valence-corrected chi connectivity index (χ3v) is 7.13. The average molecular weight is 475 g/mol. The van der Waals surface area contributed by atoms with Gasteiger partial charge in [-0.2, -0.15) is 4.31 Å². The summed E-state index contributed by atoms with van der Waals surface area (Å²) in [5.41, 5.74) is 1.63. The molecule has 0 spiro atoms. The van der Waals surface area contributed by atoms with Crippen LogP contribution in [0.1, 0.15) is 5.56 Å². The summed E-state index contributed by atoms with van der Waals surface area (Å²) in [6.07, 6.45) is 0. The Labute approximate surface area is 189 Å². The molecule has 2 aliphatic heterocycles. The number of nitrogens with zero attached hydrogens (tertiary/aromatic N) is 4. The van der Waals surface area contributed by atoms with Crippen molar-refractivity contribution in [3.63, 3.8) is 0 Å². The molecule has 1 saturated heterocycles. The van der Waals surface area contributed by atoms with Crippen LogP contribution in [0.5, 0.6) is 11.5 Å². The fourth-order valence-corrected chi connectivity index (χ4v) is 4.92. The van der Waals surface area contributed by atoms with Crippen LogP contribution in [0.3, 0.4) is 0 Å². The van der Waals surface area contributed by atoms with Gasteiger partial charge in [-0.1, -0.05) is 10.9 Å². The number of nitrogens with one attached hydrogen (secondary N) is 1. The second-order valence-corrected chi connectivity index (χ2v) is 9.31. The first kappa shape index (κ1) is 21.4. The second-order valence-electron chi connectivity index (χ2n) is 7.37. The van der Waals surface area contributed by atoms with Crippen LogP contribution in [-0.2, 0) is 26.1 Å². The van der Waals surface area contributed by atoms with Crippen LogP contribution in [0.15, 0.2) is 41.3 Å². The van der Waals surface area contributed by atoms with Gasteiger partial charge >= 0.3 is 0 Å². The van der Waals surface area contributed by atoms with Crippen LogP contribution in [0, 0.1) is 0 Å². The lowest BCUT2D eigenvalue weighted by Crippen LogP contribution is -2.40. The van der Waals surface area contributed by atoms with E-state index < -0.39 is 10.0 Å². The first-order valence-electron chi connectivity index (χ1n) is 10.2. The summed E-state index contributed by atoms with van der Waals surface area (Å²) in [4.78, 5) is 18.8. The molecule has 0 unspecified atom stereocenters. The van der Waals surface area contributed by atoms with Crippen molar-refractivity contribution in [1.29, 1.82) is 0 Å². The van der Waals surface area contributed by atoms with Crippen LogP contribution in [0.25, 0.3) is 11.0 Å². The zero-order valence-corrected chi connectivity index (χ0v) is 18.3. The first-order chi connectivity index (χ1) is 16.0. The van der Waals surface area contributed by atoms with Crippen LogP contribution < -0.4 is 19.6 Å². The van der Waals surface area contributed by atoms with E-state index in [0.29, 0.717) is 35.7 Å². The number of carbonyl (C=O) groups excluding carboxylic acids is 1. The van der Waals surface area contributed by atoms with E-state index in [1.54, 1.807) is 18.2 Å². The molecule has 0 bridgehead atoms. The highest BCUT2D eigenvalue weighted by Gasteiger charge is 2.27. The number of fused-ring (bicyclic) bond motifs is 2. The molecule has 1 N–H and O–H groups in total. The van der Waals surface area contributed by atoms with Crippen LogP contribution in [-0.4, -0.2) is 73.5 Å². The highest BCUT2D eigenvalue weighted by atomic mass is 32.2. The molecule has 2 aliphatic rings. The maximum Gasteiger partial charge on any atom is 0.261 e. The summed E-state index contributed by atoms with van der Waals surface area (Å²) in [5, 5.41) is 10.6. The molecule has 2 aromatic carbocycles. The lowest BCUT2D eigenvalue weighted by atomic mass is 10.2. The fraction of sp³-hybridized carbons (Fsp3) is 0.350. The van der Waals surface area contributed by atoms with E-state index in [4.69, 9.17) is 19.0 Å². The number of aromatic nitrogens is 3. The van der Waals surface area contributed by atoms with Gasteiger partial charge in [0.15, 0.2) is 18.1 Å². The maximum atomic E-state index is 12.9. The molecule has 1 aromatic heterocycles. The molecule has 3 heterocycles. The molecule has 174 valence electrons. The number of carbonyl (C=O) groups is 1. The molecule has 0 radical (unpaired) electrons. The van der Waals surface area contributed by atoms with Crippen molar-refractivity contribution in [3.8, 4) is 11.5 Å². The van der Waals surface area contributed by atoms with Gasteiger partial charge in [0.25, 0.3) is 5.91 Å². The van der Waals surface area contributed by atoms with E-state index >= 15 is 0 Å². The lowest BCUT2D eigenvalue weighted by molar-refractivity contribution is -0.126. The Morgan fingerprint density at radius 3 is 2.76 bits per heavy atom. The quantitative estimate of drug-likeness (QED) is 0.498. The zero-order valence-electron chi connectivity index (χ0n) is 17.5. The van der Waals surface area contributed by atoms with Gasteiger partial charge in [0.2, 0.25) is 16.8 Å². The van der Waals surface area contributed by atoms with Crippen molar-refractivity contribution in [2.24, 2.45) is 0 Å². The molecule has 33 heavy (non-hydrogen) atoms. The van der Waals surface area contributed by atoms with Crippen molar-refractivity contribution in [2.45, 2.75) is 11.4 Å². The third-order valence-electron chi connectivity index (χ3n) is 5.24. The van der Waals surface area contributed by atoms with Gasteiger partial charge in [0.05, 0.1) is 18.1 Å². The summed E-state index contributed by atoms with van der Waals surface area (Å²) in [5.74, 6) is 0.921. The van der Waals surface area contributed by atoms with Gasteiger partial charge in [0.1, 0.15) is 11.0 Å². The molecule has 0 saturated carbocycles.